The maximum absolute atomic E-state index is 13.2. The second-order valence-electron chi connectivity index (χ2n) is 7.43. The molecule has 3 aromatic rings. The van der Waals surface area contributed by atoms with Gasteiger partial charge in [0.25, 0.3) is 5.91 Å². The van der Waals surface area contributed by atoms with E-state index in [1.165, 1.54) is 0 Å². The fourth-order valence-corrected chi connectivity index (χ4v) is 3.63. The van der Waals surface area contributed by atoms with Gasteiger partial charge in [0.15, 0.2) is 0 Å². The van der Waals surface area contributed by atoms with Gasteiger partial charge < -0.3 is 15.5 Å². The van der Waals surface area contributed by atoms with Crippen LogP contribution in [-0.2, 0) is 4.79 Å². The summed E-state index contributed by atoms with van der Waals surface area (Å²) in [4.78, 5) is 27.9. The number of nitrogens with zero attached hydrogens (tertiary/aromatic N) is 1. The normalized spacial score (nSPS) is 12.8. The zero-order valence-corrected chi connectivity index (χ0v) is 18.3. The number of hydrogen-bond donors (Lipinski definition) is 2. The van der Waals surface area contributed by atoms with Crippen LogP contribution in [0, 0.1) is 0 Å². The van der Waals surface area contributed by atoms with E-state index in [2.05, 4.69) is 10.6 Å². The molecule has 2 N–H and O–H groups in total. The van der Waals surface area contributed by atoms with Crippen molar-refractivity contribution < 1.29 is 9.59 Å². The van der Waals surface area contributed by atoms with Gasteiger partial charge in [-0.1, -0.05) is 78.3 Å². The van der Waals surface area contributed by atoms with Crippen molar-refractivity contribution in [1.82, 2.24) is 15.5 Å². The number of hydrogen-bond acceptors (Lipinski definition) is 3. The van der Waals surface area contributed by atoms with Crippen LogP contribution in [0.5, 0.6) is 0 Å². The molecule has 0 saturated heterocycles. The van der Waals surface area contributed by atoms with Crippen molar-refractivity contribution >= 4 is 23.4 Å². The highest BCUT2D eigenvalue weighted by Crippen LogP contribution is 2.25. The molecule has 0 saturated carbocycles. The Bertz CT molecular complexity index is 1010. The third-order valence-corrected chi connectivity index (χ3v) is 5.41. The highest BCUT2D eigenvalue weighted by atomic mass is 35.5. The Morgan fingerprint density at radius 2 is 1.45 bits per heavy atom. The highest BCUT2D eigenvalue weighted by Gasteiger charge is 2.25. The Morgan fingerprint density at radius 1 is 0.871 bits per heavy atom. The number of likely N-dealkylation sites (N-methyl/N-ethyl adjacent to an activating group) is 1. The summed E-state index contributed by atoms with van der Waals surface area (Å²) < 4.78 is 0. The third-order valence-electron chi connectivity index (χ3n) is 5.06. The second kappa shape index (κ2) is 10.8. The molecule has 0 spiro atoms. The fourth-order valence-electron chi connectivity index (χ4n) is 3.37. The van der Waals surface area contributed by atoms with Crippen molar-refractivity contribution in [2.75, 3.05) is 20.6 Å². The lowest BCUT2D eigenvalue weighted by atomic mass is 10.0. The molecule has 3 aromatic carbocycles. The van der Waals surface area contributed by atoms with E-state index in [4.69, 9.17) is 11.6 Å². The monoisotopic (exact) mass is 435 g/mol. The number of carbonyl (C=O) groups excluding carboxylic acids is 2. The molecule has 31 heavy (non-hydrogen) atoms. The molecule has 160 valence electrons. The lowest BCUT2D eigenvalue weighted by Gasteiger charge is -2.27. The largest absolute Gasteiger partial charge is 0.352 e. The number of carbonyl (C=O) groups is 2. The molecule has 0 aliphatic carbocycles. The van der Waals surface area contributed by atoms with Gasteiger partial charge in [0.05, 0.1) is 6.04 Å². The van der Waals surface area contributed by atoms with Gasteiger partial charge in [-0.3, -0.25) is 9.59 Å². The standard InChI is InChI=1S/C25H26ClN3O2/c1-29(2)22(20-15-9-10-16-21(20)26)17-27-25(31)23(18-11-5-3-6-12-18)28-24(30)19-13-7-4-8-14-19/h3-16,22-23H,17H2,1-2H3,(H,27,31)(H,28,30). The first kappa shape index (κ1) is 22.5. The minimum atomic E-state index is -0.817. The van der Waals surface area contributed by atoms with E-state index >= 15 is 0 Å². The predicted octanol–water partition coefficient (Wildman–Crippen LogP) is 4.23. The Labute approximate surface area is 188 Å². The average Bonchev–Trinajstić information content (AvgIpc) is 2.79. The molecule has 2 unspecified atom stereocenters. The molecular weight excluding hydrogens is 410 g/mol. The lowest BCUT2D eigenvalue weighted by Crippen LogP contribution is -2.43. The van der Waals surface area contributed by atoms with Gasteiger partial charge in [0.1, 0.15) is 6.04 Å². The van der Waals surface area contributed by atoms with E-state index in [-0.39, 0.29) is 17.9 Å². The molecule has 0 bridgehead atoms. The Morgan fingerprint density at radius 3 is 2.06 bits per heavy atom. The zero-order chi connectivity index (χ0) is 22.2. The topological polar surface area (TPSA) is 61.4 Å². The molecular formula is C25H26ClN3O2. The van der Waals surface area contributed by atoms with Gasteiger partial charge in [-0.15, -0.1) is 0 Å². The van der Waals surface area contributed by atoms with Crippen molar-refractivity contribution in [3.63, 3.8) is 0 Å². The van der Waals surface area contributed by atoms with Gasteiger partial charge in [-0.05, 0) is 43.4 Å². The number of amides is 2. The van der Waals surface area contributed by atoms with E-state index in [9.17, 15) is 9.59 Å². The molecule has 0 aliphatic rings. The van der Waals surface area contributed by atoms with Crippen molar-refractivity contribution in [2.24, 2.45) is 0 Å². The summed E-state index contributed by atoms with van der Waals surface area (Å²) in [7, 11) is 3.87. The van der Waals surface area contributed by atoms with Crippen molar-refractivity contribution in [1.29, 1.82) is 0 Å². The van der Waals surface area contributed by atoms with Gasteiger partial charge in [0.2, 0.25) is 5.91 Å². The van der Waals surface area contributed by atoms with Crippen LogP contribution in [0.3, 0.4) is 0 Å². The maximum Gasteiger partial charge on any atom is 0.252 e. The lowest BCUT2D eigenvalue weighted by molar-refractivity contribution is -0.123. The molecule has 2 atom stereocenters. The Balaban J connectivity index is 1.78. The molecule has 0 aliphatic heterocycles. The van der Waals surface area contributed by atoms with Crippen molar-refractivity contribution in [3.05, 3.63) is 107 Å². The van der Waals surface area contributed by atoms with Crippen LogP contribution in [0.2, 0.25) is 5.02 Å². The van der Waals surface area contributed by atoms with Crippen LogP contribution in [-0.4, -0.2) is 37.4 Å². The number of rotatable bonds is 8. The van der Waals surface area contributed by atoms with Gasteiger partial charge in [0, 0.05) is 17.1 Å². The molecule has 6 heteroatoms. The fraction of sp³-hybridized carbons (Fsp3) is 0.200. The summed E-state index contributed by atoms with van der Waals surface area (Å²) in [5.41, 5.74) is 2.14. The first-order valence-electron chi connectivity index (χ1n) is 10.1. The summed E-state index contributed by atoms with van der Waals surface area (Å²) in [5, 5.41) is 6.50. The van der Waals surface area contributed by atoms with Crippen molar-refractivity contribution in [2.45, 2.75) is 12.1 Å². The summed E-state index contributed by atoms with van der Waals surface area (Å²) in [5.74, 6) is -0.589. The molecule has 0 aromatic heterocycles. The minimum Gasteiger partial charge on any atom is -0.352 e. The first-order chi connectivity index (χ1) is 15.0. The van der Waals surface area contributed by atoms with Crippen molar-refractivity contribution in [3.8, 4) is 0 Å². The van der Waals surface area contributed by atoms with Gasteiger partial charge in [-0.2, -0.15) is 0 Å². The minimum absolute atomic E-state index is 0.112. The smallest absolute Gasteiger partial charge is 0.252 e. The number of nitrogens with one attached hydrogen (secondary N) is 2. The summed E-state index contributed by atoms with van der Waals surface area (Å²) >= 11 is 6.38. The van der Waals surface area contributed by atoms with E-state index in [0.29, 0.717) is 22.7 Å². The zero-order valence-electron chi connectivity index (χ0n) is 17.6. The van der Waals surface area contributed by atoms with E-state index in [1.54, 1.807) is 24.3 Å². The molecule has 5 nitrogen and oxygen atoms in total. The Hall–Kier alpha value is -3.15. The van der Waals surface area contributed by atoms with Gasteiger partial charge >= 0.3 is 0 Å². The van der Waals surface area contributed by atoms with Crippen LogP contribution < -0.4 is 10.6 Å². The molecule has 0 heterocycles. The highest BCUT2D eigenvalue weighted by molar-refractivity contribution is 6.31. The quantitative estimate of drug-likeness (QED) is 0.556. The molecule has 0 radical (unpaired) electrons. The summed E-state index contributed by atoms with van der Waals surface area (Å²) in [6.07, 6.45) is 0. The van der Waals surface area contributed by atoms with Crippen LogP contribution in [0.4, 0.5) is 0 Å². The summed E-state index contributed by atoms with van der Waals surface area (Å²) in [6, 6.07) is 24.7. The maximum atomic E-state index is 13.2. The third kappa shape index (κ3) is 5.94. The van der Waals surface area contributed by atoms with Crippen LogP contribution in [0.1, 0.15) is 33.6 Å². The molecule has 3 rings (SSSR count). The molecule has 2 amide bonds. The summed E-state index contributed by atoms with van der Waals surface area (Å²) in [6.45, 7) is 0.347. The van der Waals surface area contributed by atoms with Gasteiger partial charge in [-0.25, -0.2) is 0 Å². The average molecular weight is 436 g/mol. The number of benzene rings is 3. The SMILES string of the molecule is CN(C)C(CNC(=O)C(NC(=O)c1ccccc1)c1ccccc1)c1ccccc1Cl. The van der Waals surface area contributed by atoms with Crippen LogP contribution in [0.15, 0.2) is 84.9 Å². The van der Waals surface area contributed by atoms with E-state index < -0.39 is 6.04 Å². The van der Waals surface area contributed by atoms with E-state index in [0.717, 1.165) is 5.56 Å². The predicted molar refractivity (Wildman–Crippen MR) is 124 cm³/mol. The van der Waals surface area contributed by atoms with E-state index in [1.807, 2.05) is 79.7 Å². The van der Waals surface area contributed by atoms with Crippen LogP contribution >= 0.6 is 11.6 Å². The Kier molecular flexibility index (Phi) is 7.82. The number of halogens is 1. The molecule has 0 fully saturated rings. The first-order valence-corrected chi connectivity index (χ1v) is 10.4. The van der Waals surface area contributed by atoms with Crippen LogP contribution in [0.25, 0.3) is 0 Å². The second-order valence-corrected chi connectivity index (χ2v) is 7.84.